The van der Waals surface area contributed by atoms with Crippen molar-refractivity contribution in [2.75, 3.05) is 0 Å². The van der Waals surface area contributed by atoms with Gasteiger partial charge in [-0.05, 0) is 30.3 Å². The van der Waals surface area contributed by atoms with E-state index >= 15 is 0 Å². The van der Waals surface area contributed by atoms with Gasteiger partial charge in [-0.15, -0.1) is 0 Å². The van der Waals surface area contributed by atoms with E-state index in [4.69, 9.17) is 27.9 Å². The van der Waals surface area contributed by atoms with Gasteiger partial charge in [-0.3, -0.25) is 0 Å². The highest BCUT2D eigenvalue weighted by Crippen LogP contribution is 2.24. The minimum Gasteiger partial charge on any atom is -0.436 e. The molecule has 0 bridgehead atoms. The molecule has 0 aliphatic carbocycles. The van der Waals surface area contributed by atoms with Crippen molar-refractivity contribution < 1.29 is 9.13 Å². The van der Waals surface area contributed by atoms with Crippen molar-refractivity contribution in [1.82, 2.24) is 4.98 Å². The zero-order valence-corrected chi connectivity index (χ0v) is 9.47. The van der Waals surface area contributed by atoms with Gasteiger partial charge in [0.25, 0.3) is 5.88 Å². The van der Waals surface area contributed by atoms with E-state index < -0.39 is 5.82 Å². The predicted octanol–water partition coefficient (Wildman–Crippen LogP) is 4.32. The van der Waals surface area contributed by atoms with E-state index in [1.54, 1.807) is 24.3 Å². The van der Waals surface area contributed by atoms with Gasteiger partial charge < -0.3 is 4.74 Å². The number of hydrogen-bond acceptors (Lipinski definition) is 2. The van der Waals surface area contributed by atoms with Gasteiger partial charge in [0.2, 0.25) is 0 Å². The molecule has 82 valence electrons. The van der Waals surface area contributed by atoms with E-state index in [0.717, 1.165) is 6.07 Å². The van der Waals surface area contributed by atoms with Gasteiger partial charge in [0.1, 0.15) is 5.75 Å². The van der Waals surface area contributed by atoms with Crippen molar-refractivity contribution in [2.45, 2.75) is 0 Å². The zero-order chi connectivity index (χ0) is 11.5. The maximum atomic E-state index is 13.3. The Labute approximate surface area is 102 Å². The molecule has 2 nitrogen and oxygen atoms in total. The van der Waals surface area contributed by atoms with Gasteiger partial charge >= 0.3 is 0 Å². The quantitative estimate of drug-likeness (QED) is 0.800. The van der Waals surface area contributed by atoms with Gasteiger partial charge in [0.05, 0.1) is 5.02 Å². The first kappa shape index (κ1) is 11.2. The van der Waals surface area contributed by atoms with Gasteiger partial charge in [-0.25, -0.2) is 9.37 Å². The minimum absolute atomic E-state index is 0.119. The van der Waals surface area contributed by atoms with Crippen molar-refractivity contribution in [1.29, 1.82) is 0 Å². The van der Waals surface area contributed by atoms with E-state index in [2.05, 4.69) is 4.98 Å². The summed E-state index contributed by atoms with van der Waals surface area (Å²) >= 11 is 11.3. The van der Waals surface area contributed by atoms with E-state index in [9.17, 15) is 4.39 Å². The Morgan fingerprint density at radius 2 is 1.75 bits per heavy atom. The van der Waals surface area contributed by atoms with E-state index in [0.29, 0.717) is 10.8 Å². The molecule has 0 radical (unpaired) electrons. The second kappa shape index (κ2) is 4.68. The summed E-state index contributed by atoms with van der Waals surface area (Å²) in [5, 5.41) is 0.804. The fourth-order valence-corrected chi connectivity index (χ4v) is 1.36. The van der Waals surface area contributed by atoms with Crippen LogP contribution in [0.25, 0.3) is 0 Å². The average Bonchev–Trinajstić information content (AvgIpc) is 2.25. The third-order valence-electron chi connectivity index (χ3n) is 1.80. The Bertz CT molecular complexity index is 502. The molecule has 16 heavy (non-hydrogen) atoms. The largest absolute Gasteiger partial charge is 0.436 e. The van der Waals surface area contributed by atoms with Crippen LogP contribution in [0.5, 0.6) is 11.6 Å². The van der Waals surface area contributed by atoms with Gasteiger partial charge in [-0.2, -0.15) is 0 Å². The van der Waals surface area contributed by atoms with Crippen molar-refractivity contribution in [3.8, 4) is 11.6 Å². The van der Waals surface area contributed by atoms with E-state index in [-0.39, 0.29) is 10.9 Å². The third kappa shape index (κ3) is 2.62. The Hall–Kier alpha value is -1.32. The normalized spacial score (nSPS) is 10.2. The molecular weight excluding hydrogens is 252 g/mol. The van der Waals surface area contributed by atoms with Gasteiger partial charge in [0.15, 0.2) is 5.82 Å². The number of benzene rings is 1. The number of pyridine rings is 1. The number of halogens is 3. The molecule has 1 heterocycles. The molecule has 1 aromatic carbocycles. The molecule has 5 heteroatoms. The summed E-state index contributed by atoms with van der Waals surface area (Å²) in [4.78, 5) is 3.73. The molecule has 0 aliphatic rings. The van der Waals surface area contributed by atoms with Crippen molar-refractivity contribution >= 4 is 23.2 Å². The fourth-order valence-electron chi connectivity index (χ4n) is 1.09. The SMILES string of the molecule is Fc1cc(Cl)cnc1Oc1ccc(Cl)cc1. The molecule has 0 amide bonds. The molecule has 0 saturated carbocycles. The molecule has 2 aromatic rings. The molecule has 0 aliphatic heterocycles. The van der Waals surface area contributed by atoms with Crippen molar-refractivity contribution in [3.05, 3.63) is 52.4 Å². The van der Waals surface area contributed by atoms with Crippen LogP contribution in [0.3, 0.4) is 0 Å². The second-order valence-corrected chi connectivity index (χ2v) is 3.87. The van der Waals surface area contributed by atoms with Crippen LogP contribution >= 0.6 is 23.2 Å². The van der Waals surface area contributed by atoms with Crippen LogP contribution in [-0.4, -0.2) is 4.98 Å². The summed E-state index contributed by atoms with van der Waals surface area (Å²) in [6.45, 7) is 0. The molecule has 0 atom stereocenters. The highest BCUT2D eigenvalue weighted by molar-refractivity contribution is 6.30. The topological polar surface area (TPSA) is 22.1 Å². The molecule has 1 aromatic heterocycles. The predicted molar refractivity (Wildman–Crippen MR) is 60.7 cm³/mol. The van der Waals surface area contributed by atoms with Gasteiger partial charge in [0, 0.05) is 11.2 Å². The molecule has 0 fully saturated rings. The smallest absolute Gasteiger partial charge is 0.255 e. The molecule has 2 rings (SSSR count). The number of hydrogen-bond donors (Lipinski definition) is 0. The molecule has 0 N–H and O–H groups in total. The van der Waals surface area contributed by atoms with Crippen molar-refractivity contribution in [2.24, 2.45) is 0 Å². The number of nitrogens with zero attached hydrogens (tertiary/aromatic N) is 1. The van der Waals surface area contributed by atoms with Crippen LogP contribution < -0.4 is 4.74 Å². The molecular formula is C11H6Cl2FNO. The summed E-state index contributed by atoms with van der Waals surface area (Å²) < 4.78 is 18.5. The summed E-state index contributed by atoms with van der Waals surface area (Å²) in [5.41, 5.74) is 0. The standard InChI is InChI=1S/C11H6Cl2FNO/c12-7-1-3-9(4-2-7)16-11-10(14)5-8(13)6-15-11/h1-6H. The fraction of sp³-hybridized carbons (Fsp3) is 0. The molecule has 0 unspecified atom stereocenters. The van der Waals surface area contributed by atoms with Crippen LogP contribution in [0.1, 0.15) is 0 Å². The Balaban J connectivity index is 2.23. The van der Waals surface area contributed by atoms with Crippen LogP contribution in [-0.2, 0) is 0 Å². The average molecular weight is 258 g/mol. The van der Waals surface area contributed by atoms with Crippen LogP contribution in [0, 0.1) is 5.82 Å². The highest BCUT2D eigenvalue weighted by atomic mass is 35.5. The minimum atomic E-state index is -0.609. The lowest BCUT2D eigenvalue weighted by Crippen LogP contribution is -1.91. The monoisotopic (exact) mass is 257 g/mol. The van der Waals surface area contributed by atoms with Crippen LogP contribution in [0.4, 0.5) is 4.39 Å². The first-order chi connectivity index (χ1) is 7.65. The lowest BCUT2D eigenvalue weighted by atomic mass is 10.3. The Kier molecular flexibility index (Phi) is 3.27. The third-order valence-corrected chi connectivity index (χ3v) is 2.26. The molecule has 0 saturated heterocycles. The highest BCUT2D eigenvalue weighted by Gasteiger charge is 2.06. The Morgan fingerprint density at radius 3 is 2.38 bits per heavy atom. The molecule has 0 spiro atoms. The van der Waals surface area contributed by atoms with Crippen molar-refractivity contribution in [3.63, 3.8) is 0 Å². The van der Waals surface area contributed by atoms with E-state index in [1.807, 2.05) is 0 Å². The van der Waals surface area contributed by atoms with Crippen LogP contribution in [0.2, 0.25) is 10.0 Å². The Morgan fingerprint density at radius 1 is 1.06 bits per heavy atom. The first-order valence-electron chi connectivity index (χ1n) is 4.39. The lowest BCUT2D eigenvalue weighted by molar-refractivity contribution is 0.423. The summed E-state index contributed by atoms with van der Waals surface area (Å²) in [6.07, 6.45) is 1.32. The first-order valence-corrected chi connectivity index (χ1v) is 5.15. The second-order valence-electron chi connectivity index (χ2n) is 3.00. The number of ether oxygens (including phenoxy) is 1. The number of rotatable bonds is 2. The summed E-state index contributed by atoms with van der Waals surface area (Å²) in [7, 11) is 0. The lowest BCUT2D eigenvalue weighted by Gasteiger charge is -2.05. The number of aromatic nitrogens is 1. The summed E-state index contributed by atoms with van der Waals surface area (Å²) in [5.74, 6) is -0.271. The summed E-state index contributed by atoms with van der Waals surface area (Å²) in [6, 6.07) is 7.67. The maximum absolute atomic E-state index is 13.3. The maximum Gasteiger partial charge on any atom is 0.255 e. The van der Waals surface area contributed by atoms with Crippen LogP contribution in [0.15, 0.2) is 36.5 Å². The van der Waals surface area contributed by atoms with E-state index in [1.165, 1.54) is 6.20 Å². The van der Waals surface area contributed by atoms with Gasteiger partial charge in [-0.1, -0.05) is 23.2 Å². The zero-order valence-electron chi connectivity index (χ0n) is 7.95.